The number of rotatable bonds is 7. The molecule has 4 heteroatoms. The van der Waals surface area contributed by atoms with Crippen molar-refractivity contribution in [3.05, 3.63) is 23.3 Å². The second kappa shape index (κ2) is 9.28. The highest BCUT2D eigenvalue weighted by Crippen LogP contribution is 2.60. The fraction of sp³-hybridized carbons (Fsp3) is 0.750. The minimum atomic E-state index is -0.611. The molecule has 0 aliphatic heterocycles. The number of fused-ring (bicyclic) bond motifs is 1. The summed E-state index contributed by atoms with van der Waals surface area (Å²) in [5.41, 5.74) is 12.2. The molecule has 0 heterocycles. The molecule has 1 saturated carbocycles. The van der Waals surface area contributed by atoms with Gasteiger partial charge >= 0.3 is 6.03 Å². The molecular weight excluding hydrogens is 346 g/mol. The number of carbonyl (C=O) groups is 1. The highest BCUT2D eigenvalue weighted by atomic mass is 16.2. The van der Waals surface area contributed by atoms with Gasteiger partial charge in [-0.25, -0.2) is 10.2 Å². The molecule has 2 amide bonds. The van der Waals surface area contributed by atoms with Crippen LogP contribution in [0.25, 0.3) is 0 Å². The van der Waals surface area contributed by atoms with E-state index in [9.17, 15) is 4.79 Å². The summed E-state index contributed by atoms with van der Waals surface area (Å²) in [7, 11) is 0. The van der Waals surface area contributed by atoms with Crippen LogP contribution < -0.4 is 11.2 Å². The van der Waals surface area contributed by atoms with Crippen molar-refractivity contribution in [1.29, 1.82) is 0 Å². The molecule has 2 aliphatic rings. The van der Waals surface area contributed by atoms with Gasteiger partial charge in [-0.1, -0.05) is 50.5 Å². The monoisotopic (exact) mass is 387 g/mol. The number of nitrogens with one attached hydrogen (secondary N) is 1. The third kappa shape index (κ3) is 5.48. The number of hydrazone groups is 1. The average molecular weight is 388 g/mol. The molecule has 0 aromatic carbocycles. The van der Waals surface area contributed by atoms with Gasteiger partial charge in [0.25, 0.3) is 0 Å². The lowest BCUT2D eigenvalue weighted by Gasteiger charge is -2.57. The number of nitrogens with two attached hydrogens (primary N) is 1. The summed E-state index contributed by atoms with van der Waals surface area (Å²) >= 11 is 0. The Balaban J connectivity index is 1.95. The molecular formula is C24H41N3O. The number of allylic oxidation sites excluding steroid dienone is 4. The molecule has 158 valence electrons. The number of nitrogens with zero attached hydrogens (tertiary/aromatic N) is 1. The largest absolute Gasteiger partial charge is 0.350 e. The number of primary amides is 1. The second-order valence-electron chi connectivity index (χ2n) is 10.1. The molecule has 2 rings (SSSR count). The van der Waals surface area contributed by atoms with E-state index in [0.717, 1.165) is 30.9 Å². The molecule has 3 atom stereocenters. The highest BCUT2D eigenvalue weighted by Gasteiger charge is 2.51. The first-order valence-electron chi connectivity index (χ1n) is 11.0. The van der Waals surface area contributed by atoms with Crippen LogP contribution in [0, 0.1) is 22.7 Å². The molecule has 28 heavy (non-hydrogen) atoms. The van der Waals surface area contributed by atoms with Crippen LogP contribution >= 0.6 is 0 Å². The normalized spacial score (nSPS) is 30.4. The number of hydrogen-bond donors (Lipinski definition) is 2. The SMILES string of the molecule is CC1=CC[C@H]2C(C)(C)CCC[C@@]2(C)[C@@H]1CC/C(C)=C/CC/C(C)=N\NC(N)=O. The quantitative estimate of drug-likeness (QED) is 0.299. The van der Waals surface area contributed by atoms with E-state index >= 15 is 0 Å². The maximum absolute atomic E-state index is 10.7. The van der Waals surface area contributed by atoms with Gasteiger partial charge in [-0.15, -0.1) is 0 Å². The first-order chi connectivity index (χ1) is 13.1. The third-order valence-corrected chi connectivity index (χ3v) is 7.48. The van der Waals surface area contributed by atoms with E-state index in [1.807, 2.05) is 6.92 Å². The molecule has 0 saturated heterocycles. The summed E-state index contributed by atoms with van der Waals surface area (Å²) in [5.74, 6) is 1.51. The van der Waals surface area contributed by atoms with Gasteiger partial charge in [-0.3, -0.25) is 0 Å². The molecule has 0 aromatic heterocycles. The fourth-order valence-corrected chi connectivity index (χ4v) is 5.90. The van der Waals surface area contributed by atoms with Crippen molar-refractivity contribution in [3.63, 3.8) is 0 Å². The van der Waals surface area contributed by atoms with Crippen LogP contribution in [0.15, 0.2) is 28.4 Å². The Morgan fingerprint density at radius 3 is 2.68 bits per heavy atom. The summed E-state index contributed by atoms with van der Waals surface area (Å²) in [4.78, 5) is 10.7. The fourth-order valence-electron chi connectivity index (χ4n) is 5.90. The highest BCUT2D eigenvalue weighted by molar-refractivity contribution is 5.83. The van der Waals surface area contributed by atoms with Crippen molar-refractivity contribution in [1.82, 2.24) is 5.43 Å². The van der Waals surface area contributed by atoms with Gasteiger partial charge < -0.3 is 5.73 Å². The van der Waals surface area contributed by atoms with Crippen LogP contribution in [-0.2, 0) is 0 Å². The number of urea groups is 1. The summed E-state index contributed by atoms with van der Waals surface area (Å²) in [5, 5.41) is 3.97. The Morgan fingerprint density at radius 2 is 2.00 bits per heavy atom. The van der Waals surface area contributed by atoms with Crippen LogP contribution in [0.5, 0.6) is 0 Å². The summed E-state index contributed by atoms with van der Waals surface area (Å²) in [6, 6.07) is -0.611. The minimum Gasteiger partial charge on any atom is -0.350 e. The zero-order valence-electron chi connectivity index (χ0n) is 18.9. The van der Waals surface area contributed by atoms with E-state index < -0.39 is 6.03 Å². The van der Waals surface area contributed by atoms with E-state index in [2.05, 4.69) is 57.3 Å². The van der Waals surface area contributed by atoms with Gasteiger partial charge in [-0.05, 0) is 88.4 Å². The predicted molar refractivity (Wildman–Crippen MR) is 119 cm³/mol. The molecule has 0 radical (unpaired) electrons. The Hall–Kier alpha value is -1.58. The first-order valence-corrected chi connectivity index (χ1v) is 11.0. The Bertz CT molecular complexity index is 659. The molecule has 0 aromatic rings. The molecule has 2 aliphatic carbocycles. The molecule has 0 unspecified atom stereocenters. The van der Waals surface area contributed by atoms with Crippen LogP contribution in [0.1, 0.15) is 92.9 Å². The van der Waals surface area contributed by atoms with E-state index in [-0.39, 0.29) is 0 Å². The van der Waals surface area contributed by atoms with Gasteiger partial charge in [0.15, 0.2) is 0 Å². The van der Waals surface area contributed by atoms with Crippen LogP contribution in [0.4, 0.5) is 4.79 Å². The van der Waals surface area contributed by atoms with E-state index in [1.54, 1.807) is 5.57 Å². The standard InChI is InChI=1S/C24H41N3O/c1-17(9-7-10-19(3)26-27-22(25)28)11-13-20-18(2)12-14-21-23(4,5)15-8-16-24(20,21)6/h9,12,20-21H,7-8,10-11,13-16H2,1-6H3,(H3,25,27,28)/b17-9+,26-19-/t20-,21+,24+/m1/s1. The van der Waals surface area contributed by atoms with Crippen LogP contribution in [0.3, 0.4) is 0 Å². The van der Waals surface area contributed by atoms with Gasteiger partial charge in [0.1, 0.15) is 0 Å². The lowest BCUT2D eigenvalue weighted by molar-refractivity contribution is -0.0390. The third-order valence-electron chi connectivity index (χ3n) is 7.48. The van der Waals surface area contributed by atoms with E-state index in [0.29, 0.717) is 16.7 Å². The van der Waals surface area contributed by atoms with E-state index in [4.69, 9.17) is 5.73 Å². The number of hydrogen-bond acceptors (Lipinski definition) is 2. The molecule has 0 bridgehead atoms. The van der Waals surface area contributed by atoms with Crippen molar-refractivity contribution in [2.45, 2.75) is 92.9 Å². The van der Waals surface area contributed by atoms with Crippen molar-refractivity contribution >= 4 is 11.7 Å². The predicted octanol–water partition coefficient (Wildman–Crippen LogP) is 6.34. The number of carbonyl (C=O) groups excluding carboxylic acids is 1. The summed E-state index contributed by atoms with van der Waals surface area (Å²) in [6.45, 7) is 14.1. The smallest absolute Gasteiger partial charge is 0.332 e. The van der Waals surface area contributed by atoms with Gasteiger partial charge in [0, 0.05) is 5.71 Å². The minimum absolute atomic E-state index is 0.449. The Labute approximate surface area is 172 Å². The van der Waals surface area contributed by atoms with Gasteiger partial charge in [-0.2, -0.15) is 5.10 Å². The van der Waals surface area contributed by atoms with E-state index in [1.165, 1.54) is 37.7 Å². The molecule has 1 fully saturated rings. The van der Waals surface area contributed by atoms with Crippen LogP contribution in [0.2, 0.25) is 0 Å². The second-order valence-corrected chi connectivity index (χ2v) is 10.1. The van der Waals surface area contributed by atoms with Crippen molar-refractivity contribution < 1.29 is 4.79 Å². The Morgan fingerprint density at radius 1 is 1.29 bits per heavy atom. The van der Waals surface area contributed by atoms with Crippen LogP contribution in [-0.4, -0.2) is 11.7 Å². The summed E-state index contributed by atoms with van der Waals surface area (Å²) in [6.07, 6.45) is 14.5. The van der Waals surface area contributed by atoms with Gasteiger partial charge in [0.2, 0.25) is 0 Å². The number of amides is 2. The maximum Gasteiger partial charge on any atom is 0.332 e. The maximum atomic E-state index is 10.7. The Kier molecular flexibility index (Phi) is 7.52. The summed E-state index contributed by atoms with van der Waals surface area (Å²) < 4.78 is 0. The van der Waals surface area contributed by atoms with Crippen molar-refractivity contribution in [2.24, 2.45) is 33.5 Å². The average Bonchev–Trinajstić information content (AvgIpc) is 2.58. The van der Waals surface area contributed by atoms with Crippen molar-refractivity contribution in [3.8, 4) is 0 Å². The molecule has 4 nitrogen and oxygen atoms in total. The zero-order chi connectivity index (χ0) is 20.9. The molecule has 3 N–H and O–H groups in total. The van der Waals surface area contributed by atoms with Crippen molar-refractivity contribution in [2.75, 3.05) is 0 Å². The zero-order valence-corrected chi connectivity index (χ0v) is 18.9. The molecule has 0 spiro atoms. The first kappa shape index (κ1) is 22.7. The van der Waals surface area contributed by atoms with Gasteiger partial charge in [0.05, 0.1) is 0 Å². The topological polar surface area (TPSA) is 67.5 Å². The lowest BCUT2D eigenvalue weighted by atomic mass is 9.48. The lowest BCUT2D eigenvalue weighted by Crippen LogP contribution is -2.48.